The van der Waals surface area contributed by atoms with Gasteiger partial charge in [0.05, 0.1) is 0 Å². The van der Waals surface area contributed by atoms with Crippen LogP contribution in [0, 0.1) is 0 Å². The van der Waals surface area contributed by atoms with E-state index in [1.165, 1.54) is 8.96 Å². The molecule has 44 valence electrons. The van der Waals surface area contributed by atoms with Crippen molar-refractivity contribution in [2.24, 2.45) is 0 Å². The van der Waals surface area contributed by atoms with Gasteiger partial charge in [-0.3, -0.25) is 0 Å². The van der Waals surface area contributed by atoms with Gasteiger partial charge in [-0.05, 0) is 21.8 Å². The highest BCUT2D eigenvalue weighted by Gasteiger charge is 1.98. The maximum absolute atomic E-state index is 3.41. The second kappa shape index (κ2) is 2.83. The Bertz CT molecular complexity index is 127. The van der Waals surface area contributed by atoms with Crippen molar-refractivity contribution in [3.8, 4) is 0 Å². The van der Waals surface area contributed by atoms with Gasteiger partial charge in [-0.25, -0.2) is 0 Å². The first-order valence-corrected chi connectivity index (χ1v) is 4.08. The van der Waals surface area contributed by atoms with Crippen LogP contribution in [0.3, 0.4) is 0 Å². The largest absolute Gasteiger partial charge is 0.0556 e. The number of hydrogen-bond donors (Lipinski definition) is 0. The second-order valence-electron chi connectivity index (χ2n) is 1.73. The fraction of sp³-hybridized carbons (Fsp3) is 0.333. The molecule has 2 heteroatoms. The summed E-state index contributed by atoms with van der Waals surface area (Å²) < 4.78 is 2.58. The third kappa shape index (κ3) is 1.75. The van der Waals surface area contributed by atoms with Crippen molar-refractivity contribution in [2.45, 2.75) is 12.8 Å². The maximum atomic E-state index is 3.41. The van der Waals surface area contributed by atoms with Gasteiger partial charge in [-0.1, -0.05) is 44.0 Å². The van der Waals surface area contributed by atoms with E-state index < -0.39 is 0 Å². The van der Waals surface area contributed by atoms with Gasteiger partial charge in [0.2, 0.25) is 0 Å². The molecule has 0 unspecified atom stereocenters. The fourth-order valence-corrected chi connectivity index (χ4v) is 1.25. The molecule has 0 nitrogen and oxygen atoms in total. The molecule has 0 radical (unpaired) electrons. The monoisotopic (exact) mass is 236 g/mol. The van der Waals surface area contributed by atoms with Gasteiger partial charge in [0.15, 0.2) is 0 Å². The van der Waals surface area contributed by atoms with E-state index in [0.29, 0.717) is 0 Å². The summed E-state index contributed by atoms with van der Waals surface area (Å²) in [7, 11) is 0. The first-order valence-electron chi connectivity index (χ1n) is 2.50. The smallest absolute Gasteiger partial charge is 0.00456 e. The molecule has 1 rings (SSSR count). The summed E-state index contributed by atoms with van der Waals surface area (Å²) in [5.41, 5.74) is 0. The van der Waals surface area contributed by atoms with Crippen LogP contribution >= 0.6 is 31.9 Å². The molecule has 0 aromatic carbocycles. The van der Waals surface area contributed by atoms with Crippen LogP contribution in [0.4, 0.5) is 0 Å². The summed E-state index contributed by atoms with van der Waals surface area (Å²) in [5, 5.41) is 0. The summed E-state index contributed by atoms with van der Waals surface area (Å²) in [6, 6.07) is 0. The summed E-state index contributed by atoms with van der Waals surface area (Å²) in [5.74, 6) is 0. The predicted molar refractivity (Wildman–Crippen MR) is 43.3 cm³/mol. The average Bonchev–Trinajstić information content (AvgIpc) is 1.77. The van der Waals surface area contributed by atoms with Crippen LogP contribution in [-0.2, 0) is 0 Å². The summed E-state index contributed by atoms with van der Waals surface area (Å²) in [4.78, 5) is 0. The minimum absolute atomic E-state index is 1.14. The van der Waals surface area contributed by atoms with Crippen molar-refractivity contribution in [1.29, 1.82) is 0 Å². The Morgan fingerprint density at radius 2 is 1.38 bits per heavy atom. The van der Waals surface area contributed by atoms with Crippen LogP contribution in [0.2, 0.25) is 0 Å². The lowest BCUT2D eigenvalue weighted by molar-refractivity contribution is 1.01. The molecule has 0 spiro atoms. The van der Waals surface area contributed by atoms with Crippen LogP contribution in [-0.4, -0.2) is 0 Å². The van der Waals surface area contributed by atoms with Gasteiger partial charge in [0.1, 0.15) is 0 Å². The van der Waals surface area contributed by atoms with Crippen molar-refractivity contribution >= 4 is 31.9 Å². The molecule has 0 aromatic heterocycles. The van der Waals surface area contributed by atoms with E-state index in [1.54, 1.807) is 0 Å². The van der Waals surface area contributed by atoms with E-state index in [4.69, 9.17) is 0 Å². The van der Waals surface area contributed by atoms with Crippen molar-refractivity contribution in [1.82, 2.24) is 0 Å². The Kier molecular flexibility index (Phi) is 2.32. The Hall–Kier alpha value is 0.440. The van der Waals surface area contributed by atoms with Gasteiger partial charge in [0, 0.05) is 0 Å². The molecule has 0 aromatic rings. The van der Waals surface area contributed by atoms with Crippen molar-refractivity contribution in [2.75, 3.05) is 0 Å². The van der Waals surface area contributed by atoms with Crippen LogP contribution in [0.5, 0.6) is 0 Å². The Morgan fingerprint density at radius 3 is 1.62 bits per heavy atom. The Labute approximate surface area is 65.9 Å². The first-order chi connectivity index (χ1) is 3.79. The molecule has 0 saturated carbocycles. The van der Waals surface area contributed by atoms with Crippen molar-refractivity contribution in [3.63, 3.8) is 0 Å². The van der Waals surface area contributed by atoms with Crippen LogP contribution in [0.15, 0.2) is 21.1 Å². The van der Waals surface area contributed by atoms with Crippen molar-refractivity contribution in [3.05, 3.63) is 21.1 Å². The van der Waals surface area contributed by atoms with Crippen molar-refractivity contribution < 1.29 is 0 Å². The molecule has 8 heavy (non-hydrogen) atoms. The second-order valence-corrected chi connectivity index (χ2v) is 3.76. The van der Waals surface area contributed by atoms with Gasteiger partial charge in [-0.15, -0.1) is 0 Å². The molecular formula is C6H6Br2. The molecule has 0 saturated heterocycles. The van der Waals surface area contributed by atoms with E-state index in [9.17, 15) is 0 Å². The first kappa shape index (κ1) is 6.56. The molecule has 0 amide bonds. The standard InChI is InChI=1S/C6H6Br2/c7-5-1-2-6(8)4-3-5/h1-2H,3-4H2. The van der Waals surface area contributed by atoms with E-state index in [1.807, 2.05) is 0 Å². The highest BCUT2D eigenvalue weighted by atomic mass is 79.9. The van der Waals surface area contributed by atoms with Crippen LogP contribution < -0.4 is 0 Å². The van der Waals surface area contributed by atoms with E-state index in [-0.39, 0.29) is 0 Å². The highest BCUT2D eigenvalue weighted by Crippen LogP contribution is 2.25. The lowest BCUT2D eigenvalue weighted by atomic mass is 10.2. The van der Waals surface area contributed by atoms with Gasteiger partial charge in [0.25, 0.3) is 0 Å². The normalized spacial score (nSPS) is 19.8. The number of hydrogen-bond acceptors (Lipinski definition) is 0. The van der Waals surface area contributed by atoms with Gasteiger partial charge >= 0.3 is 0 Å². The average molecular weight is 238 g/mol. The zero-order valence-electron chi connectivity index (χ0n) is 4.32. The van der Waals surface area contributed by atoms with E-state index in [2.05, 4.69) is 44.0 Å². The Morgan fingerprint density at radius 1 is 1.00 bits per heavy atom. The topological polar surface area (TPSA) is 0 Å². The Balaban J connectivity index is 2.65. The van der Waals surface area contributed by atoms with Crippen LogP contribution in [0.25, 0.3) is 0 Å². The lowest BCUT2D eigenvalue weighted by Crippen LogP contribution is -1.80. The zero-order chi connectivity index (χ0) is 5.98. The highest BCUT2D eigenvalue weighted by molar-refractivity contribution is 9.12. The zero-order valence-corrected chi connectivity index (χ0v) is 7.50. The molecule has 0 fully saturated rings. The summed E-state index contributed by atoms with van der Waals surface area (Å²) in [6.07, 6.45) is 6.43. The molecule has 1 aliphatic carbocycles. The summed E-state index contributed by atoms with van der Waals surface area (Å²) in [6.45, 7) is 0. The van der Waals surface area contributed by atoms with E-state index >= 15 is 0 Å². The predicted octanol–water partition coefficient (Wildman–Crippen LogP) is 3.34. The lowest BCUT2D eigenvalue weighted by Gasteiger charge is -2.02. The molecule has 0 heterocycles. The minimum Gasteiger partial charge on any atom is -0.0556 e. The molecule has 1 aliphatic rings. The quantitative estimate of drug-likeness (QED) is 0.607. The number of halogens is 2. The third-order valence-electron chi connectivity index (χ3n) is 1.05. The van der Waals surface area contributed by atoms with Crippen LogP contribution in [0.1, 0.15) is 12.8 Å². The molecule has 0 bridgehead atoms. The minimum atomic E-state index is 1.14. The molecule has 0 N–H and O–H groups in total. The number of allylic oxidation sites excluding steroid dienone is 4. The fourth-order valence-electron chi connectivity index (χ4n) is 0.586. The van der Waals surface area contributed by atoms with Gasteiger partial charge in [-0.2, -0.15) is 0 Å². The summed E-state index contributed by atoms with van der Waals surface area (Å²) >= 11 is 6.82. The maximum Gasteiger partial charge on any atom is -0.00456 e. The molecular weight excluding hydrogens is 232 g/mol. The third-order valence-corrected chi connectivity index (χ3v) is 2.37. The number of rotatable bonds is 0. The van der Waals surface area contributed by atoms with Gasteiger partial charge < -0.3 is 0 Å². The molecule has 0 aliphatic heterocycles. The van der Waals surface area contributed by atoms with E-state index in [0.717, 1.165) is 12.8 Å². The SMILES string of the molecule is BrC1=CC=C(Br)CC1. The molecule has 0 atom stereocenters.